The van der Waals surface area contributed by atoms with Gasteiger partial charge >= 0.3 is 5.97 Å². The van der Waals surface area contributed by atoms with E-state index in [1.54, 1.807) is 11.8 Å². The van der Waals surface area contributed by atoms with E-state index in [2.05, 4.69) is 30.3 Å². The Morgan fingerprint density at radius 2 is 1.58 bits per heavy atom. The summed E-state index contributed by atoms with van der Waals surface area (Å²) in [5.74, 6) is 1.70. The molecular weight excluding hydrogens is 344 g/mol. The molecule has 0 bridgehead atoms. The highest BCUT2D eigenvalue weighted by atomic mass is 32.2. The van der Waals surface area contributed by atoms with Crippen LogP contribution < -0.4 is 4.74 Å². The third kappa shape index (κ3) is 5.39. The Labute approximate surface area is 157 Å². The lowest BCUT2D eigenvalue weighted by Crippen LogP contribution is -1.94. The summed E-state index contributed by atoms with van der Waals surface area (Å²) in [5.41, 5.74) is 2.22. The first-order chi connectivity index (χ1) is 12.7. The van der Waals surface area contributed by atoms with Gasteiger partial charge in [-0.2, -0.15) is 0 Å². The lowest BCUT2D eigenvalue weighted by molar-refractivity contribution is -0.137. The summed E-state index contributed by atoms with van der Waals surface area (Å²) in [5, 5.41) is 8.67. The Hall–Kier alpha value is -2.72. The SMILES string of the molecule is O=C(O)CCCSc1ccc(-c2cccc(Oc3ccccc3)c2)cc1. The highest BCUT2D eigenvalue weighted by Gasteiger charge is 2.03. The number of carboxylic acid groups (broad SMARTS) is 1. The van der Waals surface area contributed by atoms with Crippen LogP contribution in [0, 0.1) is 0 Å². The van der Waals surface area contributed by atoms with E-state index in [-0.39, 0.29) is 6.42 Å². The minimum absolute atomic E-state index is 0.222. The average Bonchev–Trinajstić information content (AvgIpc) is 2.67. The summed E-state index contributed by atoms with van der Waals surface area (Å²) >= 11 is 1.68. The molecule has 0 aliphatic rings. The third-order valence-electron chi connectivity index (χ3n) is 3.80. The van der Waals surface area contributed by atoms with E-state index in [1.807, 2.05) is 48.5 Å². The third-order valence-corrected chi connectivity index (χ3v) is 4.90. The predicted octanol–water partition coefficient (Wildman–Crippen LogP) is 6.10. The Balaban J connectivity index is 1.63. The average molecular weight is 364 g/mol. The van der Waals surface area contributed by atoms with Crippen LogP contribution in [0.3, 0.4) is 0 Å². The van der Waals surface area contributed by atoms with Crippen LogP contribution in [0.5, 0.6) is 11.5 Å². The molecule has 0 aliphatic carbocycles. The van der Waals surface area contributed by atoms with Crippen LogP contribution in [0.1, 0.15) is 12.8 Å². The van der Waals surface area contributed by atoms with Crippen LogP contribution in [-0.2, 0) is 4.79 Å². The van der Waals surface area contributed by atoms with E-state index in [0.717, 1.165) is 33.3 Å². The number of rotatable bonds is 8. The fourth-order valence-electron chi connectivity index (χ4n) is 2.52. The van der Waals surface area contributed by atoms with E-state index in [4.69, 9.17) is 9.84 Å². The number of para-hydroxylation sites is 1. The molecule has 0 aromatic heterocycles. The van der Waals surface area contributed by atoms with Crippen LogP contribution >= 0.6 is 11.8 Å². The van der Waals surface area contributed by atoms with Gasteiger partial charge < -0.3 is 9.84 Å². The molecule has 0 saturated heterocycles. The number of benzene rings is 3. The van der Waals surface area contributed by atoms with Gasteiger partial charge in [-0.1, -0.05) is 42.5 Å². The first kappa shape index (κ1) is 18.1. The maximum absolute atomic E-state index is 10.5. The summed E-state index contributed by atoms with van der Waals surface area (Å²) in [6.07, 6.45) is 0.903. The van der Waals surface area contributed by atoms with E-state index in [9.17, 15) is 4.79 Å². The lowest BCUT2D eigenvalue weighted by Gasteiger charge is -2.08. The van der Waals surface area contributed by atoms with Crippen LogP contribution in [-0.4, -0.2) is 16.8 Å². The molecule has 3 aromatic carbocycles. The van der Waals surface area contributed by atoms with Gasteiger partial charge in [0.05, 0.1) is 0 Å². The number of carbonyl (C=O) groups is 1. The normalized spacial score (nSPS) is 10.5. The molecule has 3 rings (SSSR count). The molecule has 0 radical (unpaired) electrons. The van der Waals surface area contributed by atoms with Gasteiger partial charge in [-0.25, -0.2) is 0 Å². The quantitative estimate of drug-likeness (QED) is 0.387. The zero-order valence-electron chi connectivity index (χ0n) is 14.3. The molecule has 1 N–H and O–H groups in total. The zero-order valence-corrected chi connectivity index (χ0v) is 15.1. The molecule has 26 heavy (non-hydrogen) atoms. The molecule has 0 amide bonds. The summed E-state index contributed by atoms with van der Waals surface area (Å²) in [6, 6.07) is 26.1. The van der Waals surface area contributed by atoms with Gasteiger partial charge in [0.2, 0.25) is 0 Å². The van der Waals surface area contributed by atoms with Crippen LogP contribution in [0.2, 0.25) is 0 Å². The van der Waals surface area contributed by atoms with Gasteiger partial charge in [0, 0.05) is 11.3 Å². The summed E-state index contributed by atoms with van der Waals surface area (Å²) in [6.45, 7) is 0. The van der Waals surface area contributed by atoms with Crippen molar-refractivity contribution in [3.63, 3.8) is 0 Å². The molecule has 0 fully saturated rings. The Kier molecular flexibility index (Phi) is 6.34. The summed E-state index contributed by atoms with van der Waals surface area (Å²) < 4.78 is 5.90. The van der Waals surface area contributed by atoms with E-state index in [1.165, 1.54) is 0 Å². The van der Waals surface area contributed by atoms with Crippen molar-refractivity contribution in [3.8, 4) is 22.6 Å². The van der Waals surface area contributed by atoms with Gasteiger partial charge in [0.25, 0.3) is 0 Å². The molecule has 0 unspecified atom stereocenters. The molecule has 0 saturated carbocycles. The second-order valence-corrected chi connectivity index (χ2v) is 6.98. The second kappa shape index (κ2) is 9.11. The maximum atomic E-state index is 10.5. The fraction of sp³-hybridized carbons (Fsp3) is 0.136. The Bertz CT molecular complexity index is 845. The smallest absolute Gasteiger partial charge is 0.303 e. The molecular formula is C22H20O3S. The van der Waals surface area contributed by atoms with Crippen molar-refractivity contribution in [2.24, 2.45) is 0 Å². The fourth-order valence-corrected chi connectivity index (χ4v) is 3.37. The minimum atomic E-state index is -0.737. The van der Waals surface area contributed by atoms with E-state index in [0.29, 0.717) is 6.42 Å². The van der Waals surface area contributed by atoms with Gasteiger partial charge in [-0.15, -0.1) is 11.8 Å². The molecule has 3 nitrogen and oxygen atoms in total. The Morgan fingerprint density at radius 1 is 0.846 bits per heavy atom. The second-order valence-electron chi connectivity index (χ2n) is 5.81. The number of hydrogen-bond acceptors (Lipinski definition) is 3. The van der Waals surface area contributed by atoms with Crippen LogP contribution in [0.15, 0.2) is 83.8 Å². The van der Waals surface area contributed by atoms with Crippen molar-refractivity contribution >= 4 is 17.7 Å². The number of hydrogen-bond donors (Lipinski definition) is 1. The zero-order chi connectivity index (χ0) is 18.2. The Morgan fingerprint density at radius 3 is 2.31 bits per heavy atom. The van der Waals surface area contributed by atoms with Crippen LogP contribution in [0.4, 0.5) is 0 Å². The molecule has 0 spiro atoms. The molecule has 3 aromatic rings. The number of carboxylic acids is 1. The minimum Gasteiger partial charge on any atom is -0.481 e. The number of aliphatic carboxylic acids is 1. The van der Waals surface area contributed by atoms with Crippen molar-refractivity contribution in [2.45, 2.75) is 17.7 Å². The van der Waals surface area contributed by atoms with Crippen molar-refractivity contribution in [2.75, 3.05) is 5.75 Å². The van der Waals surface area contributed by atoms with Gasteiger partial charge in [-0.05, 0) is 59.7 Å². The number of ether oxygens (including phenoxy) is 1. The highest BCUT2D eigenvalue weighted by molar-refractivity contribution is 7.99. The molecule has 0 heterocycles. The molecule has 4 heteroatoms. The largest absolute Gasteiger partial charge is 0.481 e. The first-order valence-corrected chi connectivity index (χ1v) is 9.47. The summed E-state index contributed by atoms with van der Waals surface area (Å²) in [7, 11) is 0. The van der Waals surface area contributed by atoms with E-state index < -0.39 is 5.97 Å². The van der Waals surface area contributed by atoms with Crippen molar-refractivity contribution in [3.05, 3.63) is 78.9 Å². The lowest BCUT2D eigenvalue weighted by atomic mass is 10.1. The molecule has 132 valence electrons. The van der Waals surface area contributed by atoms with E-state index >= 15 is 0 Å². The van der Waals surface area contributed by atoms with Crippen molar-refractivity contribution < 1.29 is 14.6 Å². The van der Waals surface area contributed by atoms with Gasteiger partial charge in [0.1, 0.15) is 11.5 Å². The van der Waals surface area contributed by atoms with Crippen molar-refractivity contribution in [1.82, 2.24) is 0 Å². The maximum Gasteiger partial charge on any atom is 0.303 e. The monoisotopic (exact) mass is 364 g/mol. The standard InChI is InChI=1S/C22H20O3S/c23-22(24)10-5-15-26-21-13-11-17(12-14-21)18-6-4-9-20(16-18)25-19-7-2-1-3-8-19/h1-4,6-9,11-14,16H,5,10,15H2,(H,23,24). The predicted molar refractivity (Wildman–Crippen MR) is 106 cm³/mol. The topological polar surface area (TPSA) is 46.5 Å². The van der Waals surface area contributed by atoms with Crippen LogP contribution in [0.25, 0.3) is 11.1 Å². The molecule has 0 atom stereocenters. The van der Waals surface area contributed by atoms with Gasteiger partial charge in [-0.3, -0.25) is 4.79 Å². The summed E-state index contributed by atoms with van der Waals surface area (Å²) in [4.78, 5) is 11.7. The number of thioether (sulfide) groups is 1. The highest BCUT2D eigenvalue weighted by Crippen LogP contribution is 2.29. The molecule has 0 aliphatic heterocycles. The first-order valence-electron chi connectivity index (χ1n) is 8.49. The van der Waals surface area contributed by atoms with Crippen molar-refractivity contribution in [1.29, 1.82) is 0 Å². The van der Waals surface area contributed by atoms with Gasteiger partial charge in [0.15, 0.2) is 0 Å².